The summed E-state index contributed by atoms with van der Waals surface area (Å²) >= 11 is 0. The molecule has 0 aromatic carbocycles. The predicted octanol–water partition coefficient (Wildman–Crippen LogP) is 2.05. The topological polar surface area (TPSA) is 38.9 Å². The van der Waals surface area contributed by atoms with Crippen LogP contribution in [0.1, 0.15) is 31.1 Å². The Labute approximate surface area is 73.8 Å². The predicted molar refractivity (Wildman–Crippen MR) is 50.7 cm³/mol. The second-order valence-corrected chi connectivity index (χ2v) is 3.53. The smallest absolute Gasteiger partial charge is 0.0573 e. The second-order valence-electron chi connectivity index (χ2n) is 3.53. The summed E-state index contributed by atoms with van der Waals surface area (Å²) in [4.78, 5) is 4.27. The van der Waals surface area contributed by atoms with E-state index in [2.05, 4.69) is 18.8 Å². The summed E-state index contributed by atoms with van der Waals surface area (Å²) in [5, 5.41) is 0. The monoisotopic (exact) mass is 164 g/mol. The Kier molecular flexibility index (Phi) is 2.82. The SMILES string of the molecule is Cc1ccc(C(N)C(C)C)nc1. The number of nitrogens with zero attached hydrogens (tertiary/aromatic N) is 1. The molecule has 1 atom stereocenters. The summed E-state index contributed by atoms with van der Waals surface area (Å²) in [5.74, 6) is 0.445. The average molecular weight is 164 g/mol. The minimum Gasteiger partial charge on any atom is -0.322 e. The molecule has 0 aliphatic rings. The van der Waals surface area contributed by atoms with E-state index in [9.17, 15) is 0 Å². The minimum absolute atomic E-state index is 0.0607. The summed E-state index contributed by atoms with van der Waals surface area (Å²) < 4.78 is 0. The molecule has 1 aromatic heterocycles. The van der Waals surface area contributed by atoms with Crippen LogP contribution in [0.15, 0.2) is 18.3 Å². The number of nitrogens with two attached hydrogens (primary N) is 1. The van der Waals surface area contributed by atoms with Gasteiger partial charge in [0.1, 0.15) is 0 Å². The van der Waals surface area contributed by atoms with Crippen LogP contribution in [0.5, 0.6) is 0 Å². The molecule has 0 aliphatic heterocycles. The molecule has 12 heavy (non-hydrogen) atoms. The standard InChI is InChI=1S/C10H16N2/c1-7(2)10(11)9-5-4-8(3)6-12-9/h4-7,10H,11H2,1-3H3. The normalized spacial score (nSPS) is 13.4. The van der Waals surface area contributed by atoms with Gasteiger partial charge >= 0.3 is 0 Å². The van der Waals surface area contributed by atoms with Gasteiger partial charge in [0.25, 0.3) is 0 Å². The van der Waals surface area contributed by atoms with Gasteiger partial charge in [-0.2, -0.15) is 0 Å². The molecule has 0 spiro atoms. The largest absolute Gasteiger partial charge is 0.322 e. The quantitative estimate of drug-likeness (QED) is 0.726. The average Bonchev–Trinajstić information content (AvgIpc) is 2.04. The Hall–Kier alpha value is -0.890. The highest BCUT2D eigenvalue weighted by atomic mass is 14.8. The first-order valence-corrected chi connectivity index (χ1v) is 4.29. The van der Waals surface area contributed by atoms with E-state index in [0.29, 0.717) is 5.92 Å². The number of aromatic nitrogens is 1. The molecular weight excluding hydrogens is 148 g/mol. The molecule has 0 amide bonds. The fourth-order valence-electron chi connectivity index (χ4n) is 1.02. The van der Waals surface area contributed by atoms with E-state index < -0.39 is 0 Å². The molecule has 2 nitrogen and oxygen atoms in total. The Morgan fingerprint density at radius 2 is 2.00 bits per heavy atom. The zero-order chi connectivity index (χ0) is 9.14. The van der Waals surface area contributed by atoms with E-state index in [1.807, 2.05) is 25.3 Å². The van der Waals surface area contributed by atoms with Crippen LogP contribution in [-0.2, 0) is 0 Å². The van der Waals surface area contributed by atoms with Gasteiger partial charge < -0.3 is 5.73 Å². The van der Waals surface area contributed by atoms with E-state index >= 15 is 0 Å². The van der Waals surface area contributed by atoms with Crippen molar-refractivity contribution in [2.75, 3.05) is 0 Å². The molecule has 1 heterocycles. The number of hydrogen-bond acceptors (Lipinski definition) is 2. The lowest BCUT2D eigenvalue weighted by Gasteiger charge is -2.14. The molecule has 1 rings (SSSR count). The van der Waals surface area contributed by atoms with Crippen LogP contribution < -0.4 is 5.73 Å². The minimum atomic E-state index is 0.0607. The van der Waals surface area contributed by atoms with Crippen LogP contribution >= 0.6 is 0 Å². The fourth-order valence-corrected chi connectivity index (χ4v) is 1.02. The lowest BCUT2D eigenvalue weighted by Crippen LogP contribution is -2.17. The molecule has 1 aromatic rings. The number of hydrogen-bond donors (Lipinski definition) is 1. The molecule has 0 aliphatic carbocycles. The van der Waals surface area contributed by atoms with Crippen molar-refractivity contribution in [2.24, 2.45) is 11.7 Å². The van der Waals surface area contributed by atoms with Gasteiger partial charge in [0.05, 0.1) is 5.69 Å². The van der Waals surface area contributed by atoms with Gasteiger partial charge in [-0.1, -0.05) is 19.9 Å². The van der Waals surface area contributed by atoms with Crippen molar-refractivity contribution in [3.8, 4) is 0 Å². The summed E-state index contributed by atoms with van der Waals surface area (Å²) in [6, 6.07) is 4.11. The van der Waals surface area contributed by atoms with E-state index in [1.54, 1.807) is 0 Å². The van der Waals surface area contributed by atoms with Crippen LogP contribution in [0.25, 0.3) is 0 Å². The van der Waals surface area contributed by atoms with Crippen LogP contribution in [0, 0.1) is 12.8 Å². The van der Waals surface area contributed by atoms with E-state index in [0.717, 1.165) is 5.69 Å². The third kappa shape index (κ3) is 2.05. The third-order valence-corrected chi connectivity index (χ3v) is 1.99. The van der Waals surface area contributed by atoms with Gasteiger partial charge in [-0.3, -0.25) is 4.98 Å². The summed E-state index contributed by atoms with van der Waals surface area (Å²) in [7, 11) is 0. The Morgan fingerprint density at radius 3 is 2.42 bits per heavy atom. The van der Waals surface area contributed by atoms with Crippen LogP contribution in [-0.4, -0.2) is 4.98 Å². The zero-order valence-electron chi connectivity index (χ0n) is 7.91. The lowest BCUT2D eigenvalue weighted by atomic mass is 10.0. The molecule has 0 radical (unpaired) electrons. The van der Waals surface area contributed by atoms with Crippen molar-refractivity contribution in [3.05, 3.63) is 29.6 Å². The first-order chi connectivity index (χ1) is 5.61. The zero-order valence-corrected chi connectivity index (χ0v) is 7.91. The van der Waals surface area contributed by atoms with Crippen molar-refractivity contribution >= 4 is 0 Å². The molecule has 0 saturated carbocycles. The maximum atomic E-state index is 5.93. The van der Waals surface area contributed by atoms with Gasteiger partial charge in [-0.25, -0.2) is 0 Å². The molecule has 2 heteroatoms. The molecule has 0 saturated heterocycles. The van der Waals surface area contributed by atoms with Crippen LogP contribution in [0.4, 0.5) is 0 Å². The Bertz CT molecular complexity index is 239. The van der Waals surface area contributed by atoms with Crippen LogP contribution in [0.2, 0.25) is 0 Å². The van der Waals surface area contributed by atoms with E-state index in [4.69, 9.17) is 5.73 Å². The van der Waals surface area contributed by atoms with E-state index in [1.165, 1.54) is 5.56 Å². The highest BCUT2D eigenvalue weighted by Gasteiger charge is 2.10. The molecular formula is C10H16N2. The van der Waals surface area contributed by atoms with Crippen molar-refractivity contribution < 1.29 is 0 Å². The lowest BCUT2D eigenvalue weighted by molar-refractivity contribution is 0.503. The van der Waals surface area contributed by atoms with E-state index in [-0.39, 0.29) is 6.04 Å². The Morgan fingerprint density at radius 1 is 1.33 bits per heavy atom. The summed E-state index contributed by atoms with van der Waals surface area (Å²) in [5.41, 5.74) is 8.08. The Balaban J connectivity index is 2.82. The summed E-state index contributed by atoms with van der Waals surface area (Å²) in [6.07, 6.45) is 1.86. The van der Waals surface area contributed by atoms with Crippen LogP contribution in [0.3, 0.4) is 0 Å². The van der Waals surface area contributed by atoms with Crippen molar-refractivity contribution in [2.45, 2.75) is 26.8 Å². The fraction of sp³-hybridized carbons (Fsp3) is 0.500. The van der Waals surface area contributed by atoms with Gasteiger partial charge in [0.15, 0.2) is 0 Å². The van der Waals surface area contributed by atoms with Crippen molar-refractivity contribution in [3.63, 3.8) is 0 Å². The maximum Gasteiger partial charge on any atom is 0.0573 e. The molecule has 1 unspecified atom stereocenters. The van der Waals surface area contributed by atoms with Crippen molar-refractivity contribution in [1.82, 2.24) is 4.98 Å². The van der Waals surface area contributed by atoms with Gasteiger partial charge in [0, 0.05) is 12.2 Å². The first-order valence-electron chi connectivity index (χ1n) is 4.29. The van der Waals surface area contributed by atoms with Gasteiger partial charge in [0.2, 0.25) is 0 Å². The number of rotatable bonds is 2. The molecule has 66 valence electrons. The van der Waals surface area contributed by atoms with Crippen molar-refractivity contribution in [1.29, 1.82) is 0 Å². The molecule has 0 bridgehead atoms. The van der Waals surface area contributed by atoms with Gasteiger partial charge in [-0.15, -0.1) is 0 Å². The second kappa shape index (κ2) is 3.68. The number of pyridine rings is 1. The third-order valence-electron chi connectivity index (χ3n) is 1.99. The summed E-state index contributed by atoms with van der Waals surface area (Å²) in [6.45, 7) is 6.23. The maximum absolute atomic E-state index is 5.93. The molecule has 2 N–H and O–H groups in total. The highest BCUT2D eigenvalue weighted by molar-refractivity contribution is 5.14. The first kappa shape index (κ1) is 9.20. The molecule has 0 fully saturated rings. The highest BCUT2D eigenvalue weighted by Crippen LogP contribution is 2.16. The number of aryl methyl sites for hydroxylation is 1. The van der Waals surface area contributed by atoms with Gasteiger partial charge in [-0.05, 0) is 24.5 Å².